The summed E-state index contributed by atoms with van der Waals surface area (Å²) in [5.74, 6) is 1.12. The van der Waals surface area contributed by atoms with Gasteiger partial charge < -0.3 is 14.8 Å². The van der Waals surface area contributed by atoms with Gasteiger partial charge in [0.05, 0.1) is 18.2 Å². The Morgan fingerprint density at radius 1 is 1.23 bits per heavy atom. The maximum absolute atomic E-state index is 12.4. The van der Waals surface area contributed by atoms with Gasteiger partial charge in [-0.2, -0.15) is 0 Å². The normalized spacial score (nSPS) is 10.1. The molecule has 0 bridgehead atoms. The molecule has 0 saturated heterocycles. The molecule has 0 atom stereocenters. The number of nitrogens with one attached hydrogen (secondary N) is 2. The number of anilines is 1. The highest BCUT2D eigenvalue weighted by molar-refractivity contribution is 9.10. The van der Waals surface area contributed by atoms with Crippen LogP contribution in [-0.2, 0) is 0 Å². The van der Waals surface area contributed by atoms with Crippen LogP contribution in [0, 0.1) is 0 Å². The highest BCUT2D eigenvalue weighted by Gasteiger charge is 2.11. The first-order valence-electron chi connectivity index (χ1n) is 8.22. The predicted molar refractivity (Wildman–Crippen MR) is 111 cm³/mol. The highest BCUT2D eigenvalue weighted by atomic mass is 79.9. The van der Waals surface area contributed by atoms with Gasteiger partial charge in [-0.3, -0.25) is 10.1 Å². The molecule has 0 spiro atoms. The molecule has 0 fully saturated rings. The summed E-state index contributed by atoms with van der Waals surface area (Å²) in [5.41, 5.74) is 1.21. The number of hydrogen-bond acceptors (Lipinski definition) is 4. The van der Waals surface area contributed by atoms with Crippen molar-refractivity contribution in [3.8, 4) is 11.5 Å². The zero-order valence-electron chi connectivity index (χ0n) is 14.7. The van der Waals surface area contributed by atoms with Crippen molar-refractivity contribution in [2.75, 3.05) is 19.0 Å². The van der Waals surface area contributed by atoms with E-state index >= 15 is 0 Å². The van der Waals surface area contributed by atoms with Crippen LogP contribution in [0.15, 0.2) is 46.9 Å². The van der Waals surface area contributed by atoms with E-state index in [1.54, 1.807) is 31.4 Å². The zero-order chi connectivity index (χ0) is 18.9. The van der Waals surface area contributed by atoms with Crippen molar-refractivity contribution in [1.29, 1.82) is 0 Å². The van der Waals surface area contributed by atoms with E-state index in [1.807, 2.05) is 18.2 Å². The van der Waals surface area contributed by atoms with Crippen molar-refractivity contribution in [2.24, 2.45) is 0 Å². The minimum absolute atomic E-state index is 0.211. The van der Waals surface area contributed by atoms with Gasteiger partial charge in [0.25, 0.3) is 5.91 Å². The highest BCUT2D eigenvalue weighted by Crippen LogP contribution is 2.26. The zero-order valence-corrected chi connectivity index (χ0v) is 17.1. The average molecular weight is 437 g/mol. The molecule has 0 saturated carbocycles. The second-order valence-electron chi connectivity index (χ2n) is 5.49. The van der Waals surface area contributed by atoms with Crippen molar-refractivity contribution in [3.63, 3.8) is 0 Å². The van der Waals surface area contributed by atoms with Gasteiger partial charge in [0, 0.05) is 17.3 Å². The minimum atomic E-state index is -0.300. The maximum atomic E-state index is 12.4. The average Bonchev–Trinajstić information content (AvgIpc) is 2.63. The van der Waals surface area contributed by atoms with Crippen LogP contribution in [0.4, 0.5) is 5.69 Å². The summed E-state index contributed by atoms with van der Waals surface area (Å²) in [6.07, 6.45) is 2.05. The molecule has 0 aliphatic heterocycles. The summed E-state index contributed by atoms with van der Waals surface area (Å²) in [5, 5.41) is 5.83. The summed E-state index contributed by atoms with van der Waals surface area (Å²) >= 11 is 8.64. The molecule has 1 amide bonds. The van der Waals surface area contributed by atoms with Gasteiger partial charge in [0.1, 0.15) is 11.5 Å². The fourth-order valence-corrected chi connectivity index (χ4v) is 2.83. The summed E-state index contributed by atoms with van der Waals surface area (Å²) in [4.78, 5) is 12.4. The topological polar surface area (TPSA) is 59.6 Å². The molecule has 5 nitrogen and oxygen atoms in total. The summed E-state index contributed by atoms with van der Waals surface area (Å²) in [6, 6.07) is 12.5. The lowest BCUT2D eigenvalue weighted by molar-refractivity contribution is 0.0977. The second kappa shape index (κ2) is 10.1. The fraction of sp³-hybridized carbons (Fsp3) is 0.263. The Hall–Kier alpha value is -2.12. The van der Waals surface area contributed by atoms with E-state index in [4.69, 9.17) is 21.7 Å². The molecule has 138 valence electrons. The van der Waals surface area contributed by atoms with Gasteiger partial charge in [-0.25, -0.2) is 0 Å². The molecule has 0 aromatic heterocycles. The predicted octanol–water partition coefficient (Wildman–Crippen LogP) is 4.76. The van der Waals surface area contributed by atoms with Gasteiger partial charge >= 0.3 is 0 Å². The van der Waals surface area contributed by atoms with E-state index in [0.29, 0.717) is 23.7 Å². The van der Waals surface area contributed by atoms with Crippen LogP contribution in [0.5, 0.6) is 11.5 Å². The Morgan fingerprint density at radius 3 is 2.73 bits per heavy atom. The van der Waals surface area contributed by atoms with E-state index in [9.17, 15) is 4.79 Å². The van der Waals surface area contributed by atoms with Crippen LogP contribution < -0.4 is 20.1 Å². The number of thiocarbonyl (C=S) groups is 1. The largest absolute Gasteiger partial charge is 0.497 e. The number of hydrogen-bond donors (Lipinski definition) is 2. The van der Waals surface area contributed by atoms with Crippen LogP contribution in [0.3, 0.4) is 0 Å². The number of rotatable bonds is 7. The molecule has 2 N–H and O–H groups in total. The van der Waals surface area contributed by atoms with Crippen LogP contribution in [0.2, 0.25) is 0 Å². The molecule has 0 aliphatic carbocycles. The lowest BCUT2D eigenvalue weighted by Gasteiger charge is -2.12. The van der Waals surface area contributed by atoms with Gasteiger partial charge in [0.15, 0.2) is 5.11 Å². The summed E-state index contributed by atoms with van der Waals surface area (Å²) in [6.45, 7) is 2.75. The Labute approximate surface area is 167 Å². The van der Waals surface area contributed by atoms with Crippen molar-refractivity contribution < 1.29 is 14.3 Å². The molecule has 0 radical (unpaired) electrons. The van der Waals surface area contributed by atoms with Crippen LogP contribution >= 0.6 is 28.1 Å². The first kappa shape index (κ1) is 20.2. The lowest BCUT2D eigenvalue weighted by atomic mass is 10.2. The second-order valence-corrected chi connectivity index (χ2v) is 6.75. The number of ether oxygens (including phenoxy) is 2. The Kier molecular flexibility index (Phi) is 7.87. The summed E-state index contributed by atoms with van der Waals surface area (Å²) in [7, 11) is 1.59. The number of amides is 1. The standard InChI is InChI=1S/C19H21BrN2O3S/c1-3-4-10-25-17-9-8-13(11-16(17)20)18(23)22-19(26)21-14-6-5-7-15(12-14)24-2/h5-9,11-12H,3-4,10H2,1-2H3,(H2,21,22,23,26). The van der Waals surface area contributed by atoms with Crippen molar-refractivity contribution in [3.05, 3.63) is 52.5 Å². The van der Waals surface area contributed by atoms with E-state index < -0.39 is 0 Å². The first-order valence-corrected chi connectivity index (χ1v) is 9.42. The van der Waals surface area contributed by atoms with Crippen LogP contribution in [0.1, 0.15) is 30.1 Å². The third-order valence-corrected chi connectivity index (χ3v) is 4.33. The van der Waals surface area contributed by atoms with Gasteiger partial charge in [-0.05, 0) is 64.9 Å². The van der Waals surface area contributed by atoms with Gasteiger partial charge in [-0.15, -0.1) is 0 Å². The fourth-order valence-electron chi connectivity index (χ4n) is 2.12. The molecule has 2 aromatic carbocycles. The third-order valence-electron chi connectivity index (χ3n) is 3.50. The number of carbonyl (C=O) groups is 1. The van der Waals surface area contributed by atoms with Crippen molar-refractivity contribution in [1.82, 2.24) is 5.32 Å². The molecule has 0 unspecified atom stereocenters. The quantitative estimate of drug-likeness (QED) is 0.483. The van der Waals surface area contributed by atoms with Gasteiger partial charge in [0.2, 0.25) is 0 Å². The van der Waals surface area contributed by atoms with Gasteiger partial charge in [-0.1, -0.05) is 19.4 Å². The molecule has 26 heavy (non-hydrogen) atoms. The molecule has 7 heteroatoms. The third kappa shape index (κ3) is 6.00. The van der Waals surface area contributed by atoms with Crippen molar-refractivity contribution >= 4 is 44.9 Å². The molecule has 0 aliphatic rings. The number of halogens is 1. The molecular weight excluding hydrogens is 416 g/mol. The minimum Gasteiger partial charge on any atom is -0.497 e. The number of benzene rings is 2. The van der Waals surface area contributed by atoms with Crippen LogP contribution in [0.25, 0.3) is 0 Å². The molecule has 2 aromatic rings. The Bertz CT molecular complexity index is 783. The van der Waals surface area contributed by atoms with Crippen LogP contribution in [-0.4, -0.2) is 24.7 Å². The Balaban J connectivity index is 1.95. The van der Waals surface area contributed by atoms with E-state index in [2.05, 4.69) is 33.5 Å². The molecular formula is C19H21BrN2O3S. The summed E-state index contributed by atoms with van der Waals surface area (Å²) < 4.78 is 11.6. The molecule has 0 heterocycles. The van der Waals surface area contributed by atoms with E-state index in [1.165, 1.54) is 0 Å². The lowest BCUT2D eigenvalue weighted by Crippen LogP contribution is -2.34. The number of methoxy groups -OCH3 is 1. The van der Waals surface area contributed by atoms with Crippen molar-refractivity contribution in [2.45, 2.75) is 19.8 Å². The number of unbranched alkanes of at least 4 members (excludes halogenated alkanes) is 1. The maximum Gasteiger partial charge on any atom is 0.257 e. The number of carbonyl (C=O) groups excluding carboxylic acids is 1. The van der Waals surface area contributed by atoms with E-state index in [-0.39, 0.29) is 11.0 Å². The monoisotopic (exact) mass is 436 g/mol. The molecule has 2 rings (SSSR count). The Morgan fingerprint density at radius 2 is 2.04 bits per heavy atom. The van der Waals surface area contributed by atoms with E-state index in [0.717, 1.165) is 23.0 Å². The SMILES string of the molecule is CCCCOc1ccc(C(=O)NC(=S)Nc2cccc(OC)c2)cc1Br. The smallest absolute Gasteiger partial charge is 0.257 e. The first-order chi connectivity index (χ1) is 12.5.